The lowest BCUT2D eigenvalue weighted by Gasteiger charge is -2.35. The highest BCUT2D eigenvalue weighted by Gasteiger charge is 2.46. The van der Waals surface area contributed by atoms with Crippen LogP contribution in [0.25, 0.3) is 32.5 Å². The van der Waals surface area contributed by atoms with E-state index in [0.717, 1.165) is 5.56 Å². The molecule has 2 aromatic carbocycles. The molecule has 0 spiro atoms. The third-order valence-corrected chi connectivity index (χ3v) is 10.8. The first-order valence-electron chi connectivity index (χ1n) is 20.7. The molecule has 30 heteroatoms. The molecule has 0 saturated heterocycles. The molecular formula is C42H47Cl3F4N18O3S2. The SMILES string of the molecule is Cc1cnc(NC2CC(F)(F)C2)nc1-n1cnc(C(=O)N[C@H](CN=[N+]=[N-])c2cccc(Cl)c2)c1.Cc1cnc(NC2CC(F)(F)C2)nc1-n1cnc(C(=O)O)c1.Cl.S.S.[N-]=[N+]=NC[C@@H](N)c1cccc(Cl)c1. The summed E-state index contributed by atoms with van der Waals surface area (Å²) >= 11 is 11.8. The average Bonchev–Trinajstić information content (AvgIpc) is 3.99. The van der Waals surface area contributed by atoms with Crippen molar-refractivity contribution in [1.29, 1.82) is 0 Å². The lowest BCUT2D eigenvalue weighted by atomic mass is 9.88. The maximum absolute atomic E-state index is 13.1. The van der Waals surface area contributed by atoms with Crippen LogP contribution in [-0.4, -0.2) is 93.0 Å². The summed E-state index contributed by atoms with van der Waals surface area (Å²) in [5, 5.41) is 25.5. The van der Waals surface area contributed by atoms with Crippen molar-refractivity contribution in [3.05, 3.63) is 151 Å². The standard InChI is InChI=1S/C21H20ClF2N9O.C13H13F2N5O2.C8H9ClN4.ClH.2H2S/c1-12-8-26-20(29-15-6-21(23,24)7-15)31-18(12)33-10-17(27-11-33)19(34)30-16(9-28-32-25)13-3-2-4-14(22)5-13;1-7-4-16-12(18-8-2-13(14,15)3-8)19-10(7)20-5-9(11(21)22)17-6-20;9-7-3-1-2-6(4-7)8(10)5-12-13-11;;;/h2-5,8,10-11,15-16H,6-7,9H2,1H3,(H,30,34)(H,26,29,31);4-6,8H,2-3H2,1H3,(H,21,22)(H,16,18,19);1-4,8H,5,10H2;1H;2*1H2/t16-;;8-;;;/m1.1.../s1. The molecule has 72 heavy (non-hydrogen) atoms. The van der Waals surface area contributed by atoms with E-state index in [2.05, 4.69) is 65.9 Å². The van der Waals surface area contributed by atoms with Crippen LogP contribution < -0.4 is 21.7 Å². The first-order valence-corrected chi connectivity index (χ1v) is 21.4. The predicted molar refractivity (Wildman–Crippen MR) is 274 cm³/mol. The number of azide groups is 2. The van der Waals surface area contributed by atoms with Crippen LogP contribution in [0.15, 0.2) is 96.2 Å². The monoisotopic (exact) mass is 1100 g/mol. The number of aromatic nitrogens is 8. The number of aromatic carboxylic acids is 1. The van der Waals surface area contributed by atoms with E-state index in [1.54, 1.807) is 67.2 Å². The zero-order valence-electron chi connectivity index (χ0n) is 37.9. The molecule has 2 aliphatic carbocycles. The third-order valence-electron chi connectivity index (χ3n) is 10.3. The summed E-state index contributed by atoms with van der Waals surface area (Å²) in [5.74, 6) is -5.55. The van der Waals surface area contributed by atoms with E-state index in [1.165, 1.54) is 29.6 Å². The van der Waals surface area contributed by atoms with E-state index in [-0.39, 0.29) is 114 Å². The highest BCUT2D eigenvalue weighted by Crippen LogP contribution is 2.39. The predicted octanol–water partition coefficient (Wildman–Crippen LogP) is 9.79. The largest absolute Gasteiger partial charge is 0.476 e. The fourth-order valence-corrected chi connectivity index (χ4v) is 7.20. The van der Waals surface area contributed by atoms with Crippen molar-refractivity contribution in [2.24, 2.45) is 16.0 Å². The van der Waals surface area contributed by atoms with Gasteiger partial charge in [0.25, 0.3) is 17.8 Å². The maximum Gasteiger partial charge on any atom is 0.356 e. The first-order chi connectivity index (χ1) is 32.8. The molecule has 2 saturated carbocycles. The van der Waals surface area contributed by atoms with E-state index in [9.17, 15) is 27.2 Å². The summed E-state index contributed by atoms with van der Waals surface area (Å²) in [6.45, 7) is 3.78. The van der Waals surface area contributed by atoms with Gasteiger partial charge in [0, 0.05) is 106 Å². The quantitative estimate of drug-likeness (QED) is 0.0278. The van der Waals surface area contributed by atoms with Crippen LogP contribution in [0.4, 0.5) is 29.5 Å². The van der Waals surface area contributed by atoms with Crippen LogP contribution in [0.3, 0.4) is 0 Å². The molecule has 2 atom stereocenters. The molecule has 21 nitrogen and oxygen atoms in total. The van der Waals surface area contributed by atoms with Crippen LogP contribution in [0.5, 0.6) is 0 Å². The highest BCUT2D eigenvalue weighted by molar-refractivity contribution is 7.59. The normalized spacial score (nSPS) is 14.7. The lowest BCUT2D eigenvalue weighted by molar-refractivity contribution is -0.0801. The second-order valence-corrected chi connectivity index (χ2v) is 16.7. The minimum absolute atomic E-state index is 0. The fourth-order valence-electron chi connectivity index (χ4n) is 6.80. The summed E-state index contributed by atoms with van der Waals surface area (Å²) in [4.78, 5) is 53.9. The Balaban J connectivity index is 0.000000310. The Morgan fingerprint density at radius 3 is 1.67 bits per heavy atom. The number of hydrogen-bond acceptors (Lipinski definition) is 13. The van der Waals surface area contributed by atoms with Crippen LogP contribution in [0, 0.1) is 13.8 Å². The summed E-state index contributed by atoms with van der Waals surface area (Å²) in [5.41, 5.74) is 25.5. The molecule has 2 fully saturated rings. The first kappa shape index (κ1) is 59.7. The molecule has 8 rings (SSSR count). The molecular weight excluding hydrogens is 1050 g/mol. The summed E-state index contributed by atoms with van der Waals surface area (Å²) < 4.78 is 54.9. The number of hydrogen-bond donors (Lipinski definition) is 5. The van der Waals surface area contributed by atoms with E-state index in [4.69, 9.17) is 45.1 Å². The lowest BCUT2D eigenvalue weighted by Crippen LogP contribution is -2.44. The number of carbonyl (C=O) groups excluding carboxylic acids is 1. The molecule has 384 valence electrons. The number of halogens is 7. The van der Waals surface area contributed by atoms with E-state index in [1.807, 2.05) is 12.1 Å². The number of carboxylic acid groups (broad SMARTS) is 1. The van der Waals surface area contributed by atoms with Gasteiger partial charge in [-0.25, -0.2) is 42.3 Å². The molecule has 1 amide bonds. The average molecular weight is 1100 g/mol. The Morgan fingerprint density at radius 1 is 0.778 bits per heavy atom. The number of amides is 1. The third kappa shape index (κ3) is 16.8. The molecule has 6 aromatic rings. The number of nitrogens with zero attached hydrogens (tertiary/aromatic N) is 14. The fraction of sp³-hybridized carbons (Fsp3) is 0.333. The van der Waals surface area contributed by atoms with Gasteiger partial charge in [0.2, 0.25) is 11.9 Å². The van der Waals surface area contributed by atoms with Gasteiger partial charge in [-0.05, 0) is 60.3 Å². The molecule has 0 unspecified atom stereocenters. The number of nitrogens with one attached hydrogen (secondary N) is 3. The zero-order chi connectivity index (χ0) is 49.9. The number of alkyl halides is 4. The number of rotatable bonds is 15. The number of aryl methyl sites for hydroxylation is 2. The summed E-state index contributed by atoms with van der Waals surface area (Å²) in [6, 6.07) is 12.4. The topological polar surface area (TPSA) is 301 Å². The van der Waals surface area contributed by atoms with Crippen molar-refractivity contribution in [3.8, 4) is 11.6 Å². The smallest absolute Gasteiger partial charge is 0.356 e. The molecule has 4 heterocycles. The van der Waals surface area contributed by atoms with Gasteiger partial charge in [0.1, 0.15) is 30.0 Å². The second kappa shape index (κ2) is 26.8. The van der Waals surface area contributed by atoms with Gasteiger partial charge in [-0.1, -0.05) is 57.7 Å². The van der Waals surface area contributed by atoms with Crippen molar-refractivity contribution in [2.45, 2.75) is 75.5 Å². The molecule has 0 aliphatic heterocycles. The highest BCUT2D eigenvalue weighted by atomic mass is 35.5. The van der Waals surface area contributed by atoms with Gasteiger partial charge in [0.05, 0.1) is 12.6 Å². The van der Waals surface area contributed by atoms with Gasteiger partial charge >= 0.3 is 5.97 Å². The van der Waals surface area contributed by atoms with Crippen LogP contribution in [0.1, 0.15) is 81.0 Å². The Morgan fingerprint density at radius 2 is 1.22 bits per heavy atom. The minimum Gasteiger partial charge on any atom is -0.476 e. The summed E-state index contributed by atoms with van der Waals surface area (Å²) in [7, 11) is 0. The molecule has 2 aliphatic rings. The van der Waals surface area contributed by atoms with Crippen molar-refractivity contribution >= 4 is 86.4 Å². The van der Waals surface area contributed by atoms with Crippen LogP contribution in [-0.2, 0) is 0 Å². The Labute approximate surface area is 438 Å². The number of anilines is 2. The minimum atomic E-state index is -2.65. The van der Waals surface area contributed by atoms with Crippen LogP contribution >= 0.6 is 62.6 Å². The van der Waals surface area contributed by atoms with Gasteiger partial charge in [-0.15, -0.1) is 12.4 Å². The summed E-state index contributed by atoms with van der Waals surface area (Å²) in [6.07, 6.45) is 7.68. The van der Waals surface area contributed by atoms with Gasteiger partial charge in [0.15, 0.2) is 5.69 Å². The Bertz CT molecular complexity index is 2890. The number of nitrogens with two attached hydrogens (primary N) is 1. The van der Waals surface area contributed by atoms with Gasteiger partial charge in [-0.3, -0.25) is 13.9 Å². The Kier molecular flexibility index (Phi) is 22.2. The second-order valence-electron chi connectivity index (χ2n) is 15.8. The number of carbonyl (C=O) groups is 2. The number of imidazole rings is 2. The number of benzene rings is 2. The molecule has 4 aromatic heterocycles. The van der Waals surface area contributed by atoms with E-state index < -0.39 is 35.8 Å². The van der Waals surface area contributed by atoms with Gasteiger partial charge < -0.3 is 26.8 Å². The van der Waals surface area contributed by atoms with E-state index >= 15 is 0 Å². The maximum atomic E-state index is 13.1. The molecule has 6 N–H and O–H groups in total. The van der Waals surface area contributed by atoms with Crippen molar-refractivity contribution in [1.82, 2.24) is 44.4 Å². The van der Waals surface area contributed by atoms with Crippen LogP contribution in [0.2, 0.25) is 10.0 Å². The Hall–Kier alpha value is -6.57. The molecule has 0 radical (unpaired) electrons. The van der Waals surface area contributed by atoms with E-state index in [0.29, 0.717) is 38.4 Å². The van der Waals surface area contributed by atoms with Crippen molar-refractivity contribution in [2.75, 3.05) is 23.7 Å². The van der Waals surface area contributed by atoms with Crippen molar-refractivity contribution in [3.63, 3.8) is 0 Å². The van der Waals surface area contributed by atoms with Gasteiger partial charge in [-0.2, -0.15) is 37.0 Å². The van der Waals surface area contributed by atoms with Crippen molar-refractivity contribution < 1.29 is 32.3 Å². The number of carboxylic acids is 1. The zero-order valence-corrected chi connectivity index (χ0v) is 42.2. The molecule has 0 bridgehead atoms.